The van der Waals surface area contributed by atoms with Crippen LogP contribution in [-0.2, 0) is 0 Å². The van der Waals surface area contributed by atoms with Crippen molar-refractivity contribution in [1.29, 1.82) is 0 Å². The van der Waals surface area contributed by atoms with E-state index in [1.54, 1.807) is 12.1 Å². The van der Waals surface area contributed by atoms with Gasteiger partial charge in [-0.25, -0.2) is 4.98 Å². The molecule has 0 aliphatic heterocycles. The second-order valence-electron chi connectivity index (χ2n) is 5.35. The quantitative estimate of drug-likeness (QED) is 0.220. The van der Waals surface area contributed by atoms with Crippen molar-refractivity contribution in [3.05, 3.63) is 70.3 Å². The van der Waals surface area contributed by atoms with E-state index in [-0.39, 0.29) is 10.6 Å². The van der Waals surface area contributed by atoms with Gasteiger partial charge in [-0.3, -0.25) is 10.1 Å². The molecular formula is C18H12N2O2. The topological polar surface area (TPSA) is 56.0 Å². The summed E-state index contributed by atoms with van der Waals surface area (Å²) in [5.41, 5.74) is 2.88. The second-order valence-corrected chi connectivity index (χ2v) is 5.35. The van der Waals surface area contributed by atoms with E-state index in [0.29, 0.717) is 5.39 Å². The van der Waals surface area contributed by atoms with Crippen LogP contribution in [0.2, 0.25) is 0 Å². The van der Waals surface area contributed by atoms with Gasteiger partial charge in [0.15, 0.2) is 0 Å². The number of hydrogen-bond acceptors (Lipinski definition) is 3. The summed E-state index contributed by atoms with van der Waals surface area (Å²) in [6, 6.07) is 16.9. The third-order valence-electron chi connectivity index (χ3n) is 4.14. The highest BCUT2D eigenvalue weighted by atomic mass is 16.6. The molecule has 4 nitrogen and oxygen atoms in total. The van der Waals surface area contributed by atoms with Crippen LogP contribution >= 0.6 is 0 Å². The summed E-state index contributed by atoms with van der Waals surface area (Å²) in [6.45, 7) is 1.99. The van der Waals surface area contributed by atoms with E-state index in [1.807, 2.05) is 49.4 Å². The molecule has 0 amide bonds. The van der Waals surface area contributed by atoms with Crippen molar-refractivity contribution in [2.45, 2.75) is 6.92 Å². The summed E-state index contributed by atoms with van der Waals surface area (Å²) in [6.07, 6.45) is 0. The van der Waals surface area contributed by atoms with E-state index in [2.05, 4.69) is 0 Å². The summed E-state index contributed by atoms with van der Waals surface area (Å²) >= 11 is 0. The number of fused-ring (bicyclic) bond motifs is 4. The van der Waals surface area contributed by atoms with Gasteiger partial charge in [0.05, 0.1) is 21.3 Å². The first-order valence-corrected chi connectivity index (χ1v) is 7.02. The Morgan fingerprint density at radius 2 is 1.55 bits per heavy atom. The molecule has 0 aliphatic rings. The van der Waals surface area contributed by atoms with Crippen LogP contribution in [0, 0.1) is 17.0 Å². The molecule has 0 saturated heterocycles. The normalized spacial score (nSPS) is 11.3. The minimum Gasteiger partial charge on any atom is -0.258 e. The molecule has 4 rings (SSSR count). The lowest BCUT2D eigenvalue weighted by atomic mass is 9.98. The van der Waals surface area contributed by atoms with Crippen molar-refractivity contribution < 1.29 is 4.92 Å². The molecule has 3 aromatic carbocycles. The van der Waals surface area contributed by atoms with Gasteiger partial charge in [0, 0.05) is 22.2 Å². The minimum atomic E-state index is -0.323. The lowest BCUT2D eigenvalue weighted by molar-refractivity contribution is -0.382. The van der Waals surface area contributed by atoms with E-state index in [9.17, 15) is 10.1 Å². The Hall–Kier alpha value is -3.01. The van der Waals surface area contributed by atoms with Crippen molar-refractivity contribution >= 4 is 38.3 Å². The second kappa shape index (κ2) is 4.49. The van der Waals surface area contributed by atoms with Crippen LogP contribution in [0.4, 0.5) is 5.69 Å². The molecule has 0 fully saturated rings. The number of benzene rings is 3. The molecule has 22 heavy (non-hydrogen) atoms. The van der Waals surface area contributed by atoms with E-state index in [1.165, 1.54) is 0 Å². The van der Waals surface area contributed by atoms with Crippen molar-refractivity contribution in [1.82, 2.24) is 4.98 Å². The third kappa shape index (κ3) is 1.67. The number of nitro benzene ring substituents is 1. The zero-order chi connectivity index (χ0) is 15.3. The molecule has 0 spiro atoms. The molecule has 0 bridgehead atoms. The Kier molecular flexibility index (Phi) is 2.60. The van der Waals surface area contributed by atoms with Gasteiger partial charge in [-0.15, -0.1) is 0 Å². The van der Waals surface area contributed by atoms with Crippen LogP contribution in [-0.4, -0.2) is 9.91 Å². The fraction of sp³-hybridized carbons (Fsp3) is 0.0556. The van der Waals surface area contributed by atoms with Gasteiger partial charge in [0.25, 0.3) is 5.69 Å². The van der Waals surface area contributed by atoms with Crippen molar-refractivity contribution in [2.75, 3.05) is 0 Å². The average molecular weight is 288 g/mol. The molecule has 0 N–H and O–H groups in total. The highest BCUT2D eigenvalue weighted by Crippen LogP contribution is 2.35. The number of aromatic nitrogens is 1. The van der Waals surface area contributed by atoms with Crippen LogP contribution in [0.3, 0.4) is 0 Å². The third-order valence-corrected chi connectivity index (χ3v) is 4.14. The van der Waals surface area contributed by atoms with Gasteiger partial charge < -0.3 is 0 Å². The standard InChI is InChI=1S/C18H12N2O2/c1-11-12-6-4-5-9-16(12)19-18-14-8-3-2-7-13(14)17(20(21)22)10-15(11)18/h2-10H,1H3. The first-order valence-electron chi connectivity index (χ1n) is 7.02. The maximum absolute atomic E-state index is 11.4. The molecule has 4 aromatic rings. The summed E-state index contributed by atoms with van der Waals surface area (Å²) in [5, 5.41) is 14.7. The molecule has 0 radical (unpaired) electrons. The smallest absolute Gasteiger partial charge is 0.258 e. The van der Waals surface area contributed by atoms with Crippen molar-refractivity contribution in [3.8, 4) is 0 Å². The SMILES string of the molecule is Cc1c2ccccc2nc2c1cc([N+](=O)[O-])c1ccccc12. The highest BCUT2D eigenvalue weighted by Gasteiger charge is 2.17. The van der Waals surface area contributed by atoms with E-state index in [4.69, 9.17) is 4.98 Å². The molecule has 0 atom stereocenters. The number of nitro groups is 1. The Morgan fingerprint density at radius 1 is 0.909 bits per heavy atom. The summed E-state index contributed by atoms with van der Waals surface area (Å²) in [7, 11) is 0. The number of aryl methyl sites for hydroxylation is 1. The number of nitrogens with zero attached hydrogens (tertiary/aromatic N) is 2. The van der Waals surface area contributed by atoms with Crippen LogP contribution in [0.1, 0.15) is 5.56 Å². The zero-order valence-corrected chi connectivity index (χ0v) is 11.9. The van der Waals surface area contributed by atoms with Crippen LogP contribution < -0.4 is 0 Å². The molecule has 0 saturated carbocycles. The Bertz CT molecular complexity index is 1070. The zero-order valence-electron chi connectivity index (χ0n) is 11.9. The number of non-ortho nitro benzene ring substituents is 1. The summed E-state index contributed by atoms with van der Waals surface area (Å²) < 4.78 is 0. The monoisotopic (exact) mass is 288 g/mol. The molecule has 1 heterocycles. The van der Waals surface area contributed by atoms with Gasteiger partial charge in [0.2, 0.25) is 0 Å². The van der Waals surface area contributed by atoms with Gasteiger partial charge in [-0.1, -0.05) is 36.4 Å². The van der Waals surface area contributed by atoms with Gasteiger partial charge in [-0.05, 0) is 24.6 Å². The van der Waals surface area contributed by atoms with Crippen LogP contribution in [0.15, 0.2) is 54.6 Å². The fourth-order valence-corrected chi connectivity index (χ4v) is 3.05. The van der Waals surface area contributed by atoms with Gasteiger partial charge in [-0.2, -0.15) is 0 Å². The number of hydrogen-bond donors (Lipinski definition) is 0. The van der Waals surface area contributed by atoms with Gasteiger partial charge in [0.1, 0.15) is 0 Å². The van der Waals surface area contributed by atoms with E-state index < -0.39 is 0 Å². The summed E-state index contributed by atoms with van der Waals surface area (Å²) in [4.78, 5) is 15.8. The Labute approximate surface area is 126 Å². The minimum absolute atomic E-state index is 0.128. The fourth-order valence-electron chi connectivity index (χ4n) is 3.05. The summed E-state index contributed by atoms with van der Waals surface area (Å²) in [5.74, 6) is 0. The van der Waals surface area contributed by atoms with Crippen molar-refractivity contribution in [3.63, 3.8) is 0 Å². The number of rotatable bonds is 1. The predicted molar refractivity (Wildman–Crippen MR) is 88.1 cm³/mol. The lowest BCUT2D eigenvalue weighted by Crippen LogP contribution is -1.94. The molecule has 0 aliphatic carbocycles. The van der Waals surface area contributed by atoms with Gasteiger partial charge >= 0.3 is 0 Å². The first-order chi connectivity index (χ1) is 10.7. The maximum Gasteiger partial charge on any atom is 0.277 e. The number of para-hydroxylation sites is 1. The highest BCUT2D eigenvalue weighted by molar-refractivity contribution is 6.13. The molecule has 4 heteroatoms. The van der Waals surface area contributed by atoms with E-state index in [0.717, 1.165) is 32.8 Å². The average Bonchev–Trinajstić information content (AvgIpc) is 2.54. The Balaban J connectivity index is 2.32. The largest absolute Gasteiger partial charge is 0.277 e. The lowest BCUT2D eigenvalue weighted by Gasteiger charge is -2.09. The molecule has 106 valence electrons. The Morgan fingerprint density at radius 3 is 2.27 bits per heavy atom. The first kappa shape index (κ1) is 12.7. The van der Waals surface area contributed by atoms with Crippen LogP contribution in [0.25, 0.3) is 32.6 Å². The number of pyridine rings is 1. The van der Waals surface area contributed by atoms with Crippen LogP contribution in [0.5, 0.6) is 0 Å². The van der Waals surface area contributed by atoms with Crippen molar-refractivity contribution in [2.24, 2.45) is 0 Å². The predicted octanol–water partition coefficient (Wildman–Crippen LogP) is 4.76. The molecule has 1 aromatic heterocycles. The van der Waals surface area contributed by atoms with E-state index >= 15 is 0 Å². The molecule has 0 unspecified atom stereocenters. The molecular weight excluding hydrogens is 276 g/mol. The maximum atomic E-state index is 11.4.